The number of halogens is 1. The summed E-state index contributed by atoms with van der Waals surface area (Å²) in [4.78, 5) is 2.54. The van der Waals surface area contributed by atoms with Gasteiger partial charge in [-0.3, -0.25) is 4.90 Å². The van der Waals surface area contributed by atoms with E-state index >= 15 is 0 Å². The van der Waals surface area contributed by atoms with Gasteiger partial charge in [-0.25, -0.2) is 0 Å². The van der Waals surface area contributed by atoms with Crippen molar-refractivity contribution in [2.45, 2.75) is 58.3 Å². The minimum Gasteiger partial charge on any atom is -0.379 e. The molecule has 3 N–H and O–H groups in total. The van der Waals surface area contributed by atoms with Crippen LogP contribution >= 0.6 is 12.4 Å². The second kappa shape index (κ2) is 15.2. The van der Waals surface area contributed by atoms with Crippen molar-refractivity contribution in [2.24, 2.45) is 0 Å². The number of ether oxygens (including phenoxy) is 1. The topological polar surface area (TPSA) is 47.5 Å². The van der Waals surface area contributed by atoms with Gasteiger partial charge in [-0.15, -0.1) is 12.4 Å². The minimum atomic E-state index is 0. The molecule has 0 aromatic carbocycles. The molecule has 1 heterocycles. The van der Waals surface area contributed by atoms with E-state index in [1.807, 2.05) is 0 Å². The molecule has 114 valence electrons. The molecule has 1 fully saturated rings. The first-order valence-corrected chi connectivity index (χ1v) is 7.23. The first-order chi connectivity index (χ1) is 7.93. The summed E-state index contributed by atoms with van der Waals surface area (Å²) in [6.45, 7) is 7.75. The molecule has 18 heavy (non-hydrogen) atoms. The van der Waals surface area contributed by atoms with Crippen LogP contribution in [0, 0.1) is 0 Å². The lowest BCUT2D eigenvalue weighted by atomic mass is 10.1. The maximum Gasteiger partial charge on any atom is 0.0594 e. The number of unbranched alkanes of at least 4 members (excludes halogenated alkanes) is 7. The molecule has 3 nitrogen and oxygen atoms in total. The normalized spacial score (nSPS) is 15.8. The Morgan fingerprint density at radius 1 is 0.889 bits per heavy atom. The van der Waals surface area contributed by atoms with E-state index in [1.54, 1.807) is 0 Å². The van der Waals surface area contributed by atoms with E-state index < -0.39 is 0 Å². The largest absolute Gasteiger partial charge is 0.379 e. The van der Waals surface area contributed by atoms with Crippen LogP contribution in [0.4, 0.5) is 0 Å². The second-order valence-electron chi connectivity index (χ2n) is 4.93. The lowest BCUT2D eigenvalue weighted by Crippen LogP contribution is -2.36. The van der Waals surface area contributed by atoms with Gasteiger partial charge >= 0.3 is 0 Å². The van der Waals surface area contributed by atoms with Crippen molar-refractivity contribution in [3.8, 4) is 0 Å². The number of rotatable bonds is 9. The molecule has 0 aliphatic carbocycles. The number of hydrogen-bond donors (Lipinski definition) is 1. The Morgan fingerprint density at radius 3 is 1.94 bits per heavy atom. The summed E-state index contributed by atoms with van der Waals surface area (Å²) in [5.74, 6) is 0. The summed E-state index contributed by atoms with van der Waals surface area (Å²) in [7, 11) is 0. The highest BCUT2D eigenvalue weighted by Crippen LogP contribution is 2.09. The van der Waals surface area contributed by atoms with Crippen LogP contribution < -0.4 is 6.15 Å². The van der Waals surface area contributed by atoms with E-state index in [0.717, 1.165) is 26.3 Å². The van der Waals surface area contributed by atoms with Crippen molar-refractivity contribution in [2.75, 3.05) is 32.8 Å². The molecule has 0 aromatic heterocycles. The summed E-state index contributed by atoms with van der Waals surface area (Å²) >= 11 is 0. The Bertz CT molecular complexity index is 158. The molecular weight excluding hydrogens is 248 g/mol. The van der Waals surface area contributed by atoms with Crippen LogP contribution in [-0.4, -0.2) is 37.7 Å². The van der Waals surface area contributed by atoms with Gasteiger partial charge in [0, 0.05) is 14.5 Å². The van der Waals surface area contributed by atoms with Crippen LogP contribution in [-0.2, 0) is 4.74 Å². The molecule has 1 rings (SSSR count). The molecule has 0 unspecified atom stereocenters. The fourth-order valence-corrected chi connectivity index (χ4v) is 2.29. The molecule has 0 saturated carbocycles. The quantitative estimate of drug-likeness (QED) is 0.642. The van der Waals surface area contributed by atoms with E-state index in [0.29, 0.717) is 0 Å². The number of morpholine rings is 1. The predicted octanol–water partition coefficient (Wildman–Crippen LogP) is 4.29. The van der Waals surface area contributed by atoms with Gasteiger partial charge in [-0.05, 0) is 13.0 Å². The van der Waals surface area contributed by atoms with Gasteiger partial charge in [-0.1, -0.05) is 51.9 Å². The maximum atomic E-state index is 5.34. The van der Waals surface area contributed by atoms with Gasteiger partial charge in [0.25, 0.3) is 0 Å². The third-order valence-electron chi connectivity index (χ3n) is 3.43. The Balaban J connectivity index is -0.000000853. The third kappa shape index (κ3) is 11.3. The lowest BCUT2D eigenvalue weighted by molar-refractivity contribution is 0.0371. The van der Waals surface area contributed by atoms with Crippen LogP contribution in [0.5, 0.6) is 0 Å². The first-order valence-electron chi connectivity index (χ1n) is 7.23. The zero-order valence-corrected chi connectivity index (χ0v) is 13.0. The fraction of sp³-hybridized carbons (Fsp3) is 1.00. The number of nitrogens with zero attached hydrogens (tertiary/aromatic N) is 1. The molecule has 4 heteroatoms. The predicted molar refractivity (Wildman–Crippen MR) is 84.3 cm³/mol. The van der Waals surface area contributed by atoms with Gasteiger partial charge in [0.1, 0.15) is 0 Å². The van der Waals surface area contributed by atoms with E-state index in [2.05, 4.69) is 11.8 Å². The van der Waals surface area contributed by atoms with Gasteiger partial charge < -0.3 is 10.9 Å². The fourth-order valence-electron chi connectivity index (χ4n) is 2.29. The molecular formula is C14H35ClN2O. The van der Waals surface area contributed by atoms with E-state index in [4.69, 9.17) is 4.74 Å². The zero-order valence-electron chi connectivity index (χ0n) is 12.2. The first kappa shape index (κ1) is 20.5. The standard InChI is InChI=1S/C14H29NO.ClH.H3N.H2/c1-2-3-4-5-6-7-8-9-10-15-11-13-16-14-12-15;;;/h2-14H2,1H3;1H;1H3;1H. The Morgan fingerprint density at radius 2 is 1.39 bits per heavy atom. The molecule has 0 amide bonds. The van der Waals surface area contributed by atoms with Gasteiger partial charge in [0.05, 0.1) is 13.2 Å². The SMILES string of the molecule is CCCCCCCCCCN1CCOCC1.Cl.N.[HH]. The summed E-state index contributed by atoms with van der Waals surface area (Å²) in [5, 5.41) is 0. The Kier molecular flexibility index (Phi) is 17.3. The zero-order chi connectivity index (χ0) is 11.5. The van der Waals surface area contributed by atoms with E-state index in [1.165, 1.54) is 57.9 Å². The average Bonchev–Trinajstić information content (AvgIpc) is 2.34. The lowest BCUT2D eigenvalue weighted by Gasteiger charge is -2.26. The van der Waals surface area contributed by atoms with Gasteiger partial charge in [0.15, 0.2) is 0 Å². The summed E-state index contributed by atoms with van der Waals surface area (Å²) in [5.41, 5.74) is 0. The van der Waals surface area contributed by atoms with E-state index in [-0.39, 0.29) is 20.0 Å². The van der Waals surface area contributed by atoms with Crippen molar-refractivity contribution in [3.63, 3.8) is 0 Å². The summed E-state index contributed by atoms with van der Waals surface area (Å²) < 4.78 is 5.34. The third-order valence-corrected chi connectivity index (χ3v) is 3.43. The second-order valence-corrected chi connectivity index (χ2v) is 4.93. The summed E-state index contributed by atoms with van der Waals surface area (Å²) in [6, 6.07) is 0. The molecule has 0 atom stereocenters. The van der Waals surface area contributed by atoms with Crippen molar-refractivity contribution in [1.29, 1.82) is 0 Å². The molecule has 1 aliphatic rings. The highest BCUT2D eigenvalue weighted by atomic mass is 35.5. The Hall–Kier alpha value is 0.170. The highest BCUT2D eigenvalue weighted by molar-refractivity contribution is 5.85. The number of hydrogen-bond acceptors (Lipinski definition) is 3. The van der Waals surface area contributed by atoms with Gasteiger partial charge in [-0.2, -0.15) is 0 Å². The van der Waals surface area contributed by atoms with Crippen molar-refractivity contribution >= 4 is 12.4 Å². The Labute approximate surface area is 121 Å². The minimum absolute atomic E-state index is 0. The van der Waals surface area contributed by atoms with Crippen molar-refractivity contribution in [1.82, 2.24) is 11.1 Å². The van der Waals surface area contributed by atoms with Crippen molar-refractivity contribution in [3.05, 3.63) is 0 Å². The van der Waals surface area contributed by atoms with Crippen LogP contribution in [0.25, 0.3) is 0 Å². The molecule has 0 aromatic rings. The van der Waals surface area contributed by atoms with Crippen molar-refractivity contribution < 1.29 is 6.16 Å². The monoisotopic (exact) mass is 282 g/mol. The molecule has 1 saturated heterocycles. The molecule has 0 radical (unpaired) electrons. The molecule has 1 aliphatic heterocycles. The smallest absolute Gasteiger partial charge is 0.0594 e. The average molecular weight is 283 g/mol. The van der Waals surface area contributed by atoms with Crippen LogP contribution in [0.3, 0.4) is 0 Å². The van der Waals surface area contributed by atoms with Crippen LogP contribution in [0.15, 0.2) is 0 Å². The summed E-state index contributed by atoms with van der Waals surface area (Å²) in [6.07, 6.45) is 11.4. The van der Waals surface area contributed by atoms with E-state index in [9.17, 15) is 0 Å². The van der Waals surface area contributed by atoms with Crippen LogP contribution in [0.1, 0.15) is 59.7 Å². The maximum absolute atomic E-state index is 5.34. The van der Waals surface area contributed by atoms with Crippen LogP contribution in [0.2, 0.25) is 0 Å². The molecule has 0 spiro atoms. The highest BCUT2D eigenvalue weighted by Gasteiger charge is 2.08. The molecule has 0 bridgehead atoms. The van der Waals surface area contributed by atoms with Gasteiger partial charge in [0.2, 0.25) is 0 Å².